The summed E-state index contributed by atoms with van der Waals surface area (Å²) in [4.78, 5) is 37.2. The minimum absolute atomic E-state index is 0.160. The molecule has 1 unspecified atom stereocenters. The molecule has 3 rings (SSSR count). The Bertz CT molecular complexity index is 682. The second kappa shape index (κ2) is 7.53. The van der Waals surface area contributed by atoms with Crippen molar-refractivity contribution in [1.82, 2.24) is 10.2 Å². The van der Waals surface area contributed by atoms with Crippen LogP contribution in [0.5, 0.6) is 0 Å². The van der Waals surface area contributed by atoms with Gasteiger partial charge >= 0.3 is 0 Å². The van der Waals surface area contributed by atoms with E-state index in [4.69, 9.17) is 4.74 Å². The molecule has 1 atom stereocenters. The molecule has 2 saturated heterocycles. The van der Waals surface area contributed by atoms with Crippen LogP contribution >= 0.6 is 0 Å². The smallest absolute Gasteiger partial charge is 0.243 e. The van der Waals surface area contributed by atoms with Crippen LogP contribution in [0.2, 0.25) is 0 Å². The van der Waals surface area contributed by atoms with Gasteiger partial charge in [-0.25, -0.2) is 4.39 Å². The lowest BCUT2D eigenvalue weighted by Crippen LogP contribution is -2.51. The Kier molecular flexibility index (Phi) is 5.36. The molecular weight excluding hydrogens is 339 g/mol. The van der Waals surface area contributed by atoms with Crippen LogP contribution in [-0.2, 0) is 24.5 Å². The molecule has 2 aliphatic rings. The van der Waals surface area contributed by atoms with Gasteiger partial charge in [0.15, 0.2) is 0 Å². The van der Waals surface area contributed by atoms with Crippen molar-refractivity contribution in [3.8, 4) is 0 Å². The van der Waals surface area contributed by atoms with Crippen molar-refractivity contribution in [2.75, 3.05) is 19.8 Å². The minimum atomic E-state index is -0.831. The van der Waals surface area contributed by atoms with Gasteiger partial charge in [0.2, 0.25) is 17.7 Å². The second-order valence-corrected chi connectivity index (χ2v) is 6.95. The van der Waals surface area contributed by atoms with E-state index in [0.717, 1.165) is 10.5 Å². The minimum Gasteiger partial charge on any atom is -0.381 e. The van der Waals surface area contributed by atoms with Gasteiger partial charge in [-0.05, 0) is 37.5 Å². The summed E-state index contributed by atoms with van der Waals surface area (Å²) < 4.78 is 18.7. The maximum Gasteiger partial charge on any atom is 0.243 e. The van der Waals surface area contributed by atoms with Crippen molar-refractivity contribution >= 4 is 17.7 Å². The molecule has 1 aromatic carbocycles. The fourth-order valence-electron chi connectivity index (χ4n) is 3.68. The zero-order valence-corrected chi connectivity index (χ0v) is 14.8. The van der Waals surface area contributed by atoms with Crippen molar-refractivity contribution in [3.05, 3.63) is 35.6 Å². The first kappa shape index (κ1) is 18.5. The molecule has 3 amide bonds. The van der Waals surface area contributed by atoms with E-state index >= 15 is 0 Å². The molecule has 7 heteroatoms. The molecule has 1 N–H and O–H groups in total. The highest BCUT2D eigenvalue weighted by Crippen LogP contribution is 2.34. The fourth-order valence-corrected chi connectivity index (χ4v) is 3.68. The van der Waals surface area contributed by atoms with Crippen LogP contribution in [0, 0.1) is 5.82 Å². The summed E-state index contributed by atoms with van der Waals surface area (Å²) in [6, 6.07) is 5.48. The molecule has 0 bridgehead atoms. The number of nitrogens with zero attached hydrogens (tertiary/aromatic N) is 1. The van der Waals surface area contributed by atoms with Gasteiger partial charge in [0.25, 0.3) is 0 Å². The standard InChI is InChI=1S/C19H23FN2O4/c1-13(22-16(23)6-7-17(22)24)18(25)21-12-19(8-10-26-11-9-19)14-2-4-15(20)5-3-14/h2-5,13H,6-12H2,1H3,(H,21,25). The Morgan fingerprint density at radius 3 is 2.35 bits per heavy atom. The molecule has 0 aliphatic carbocycles. The van der Waals surface area contributed by atoms with Crippen LogP contribution in [-0.4, -0.2) is 48.4 Å². The highest BCUT2D eigenvalue weighted by molar-refractivity contribution is 6.05. The van der Waals surface area contributed by atoms with Gasteiger partial charge in [-0.15, -0.1) is 0 Å². The van der Waals surface area contributed by atoms with E-state index in [2.05, 4.69) is 5.32 Å². The Hall–Kier alpha value is -2.28. The first-order valence-electron chi connectivity index (χ1n) is 8.89. The van der Waals surface area contributed by atoms with Crippen LogP contribution in [0.3, 0.4) is 0 Å². The molecule has 26 heavy (non-hydrogen) atoms. The van der Waals surface area contributed by atoms with E-state index in [-0.39, 0.29) is 41.8 Å². The van der Waals surface area contributed by atoms with Crippen LogP contribution in [0.4, 0.5) is 4.39 Å². The van der Waals surface area contributed by atoms with Gasteiger partial charge < -0.3 is 10.1 Å². The average Bonchev–Trinajstić information content (AvgIpc) is 2.99. The van der Waals surface area contributed by atoms with Crippen molar-refractivity contribution in [2.45, 2.75) is 44.1 Å². The Balaban J connectivity index is 1.71. The molecular formula is C19H23FN2O4. The van der Waals surface area contributed by atoms with Gasteiger partial charge in [-0.2, -0.15) is 0 Å². The van der Waals surface area contributed by atoms with E-state index in [0.29, 0.717) is 32.6 Å². The number of carbonyl (C=O) groups excluding carboxylic acids is 3. The van der Waals surface area contributed by atoms with Crippen LogP contribution in [0.15, 0.2) is 24.3 Å². The molecule has 2 fully saturated rings. The summed E-state index contributed by atoms with van der Waals surface area (Å²) in [7, 11) is 0. The molecule has 2 aliphatic heterocycles. The van der Waals surface area contributed by atoms with Gasteiger partial charge in [-0.1, -0.05) is 12.1 Å². The molecule has 140 valence electrons. The monoisotopic (exact) mass is 362 g/mol. The lowest BCUT2D eigenvalue weighted by atomic mass is 9.74. The maximum atomic E-state index is 13.3. The van der Waals surface area contributed by atoms with E-state index in [1.807, 2.05) is 0 Å². The fraction of sp³-hybridized carbons (Fsp3) is 0.526. The quantitative estimate of drug-likeness (QED) is 0.806. The average molecular weight is 362 g/mol. The number of halogens is 1. The van der Waals surface area contributed by atoms with Gasteiger partial charge in [0.1, 0.15) is 11.9 Å². The third kappa shape index (κ3) is 3.62. The number of likely N-dealkylation sites (tertiary alicyclic amines) is 1. The lowest BCUT2D eigenvalue weighted by Gasteiger charge is -2.38. The highest BCUT2D eigenvalue weighted by Gasteiger charge is 2.38. The predicted octanol–water partition coefficient (Wildman–Crippen LogP) is 1.53. The summed E-state index contributed by atoms with van der Waals surface area (Å²) in [5.74, 6) is -1.28. The predicted molar refractivity (Wildman–Crippen MR) is 91.7 cm³/mol. The van der Waals surface area contributed by atoms with Gasteiger partial charge in [0.05, 0.1) is 0 Å². The van der Waals surface area contributed by atoms with Gasteiger partial charge in [-0.3, -0.25) is 19.3 Å². The van der Waals surface area contributed by atoms with Crippen molar-refractivity contribution in [2.24, 2.45) is 0 Å². The third-order valence-corrected chi connectivity index (χ3v) is 5.36. The number of hydrogen-bond donors (Lipinski definition) is 1. The van der Waals surface area contributed by atoms with E-state index in [9.17, 15) is 18.8 Å². The summed E-state index contributed by atoms with van der Waals surface area (Å²) in [5, 5.41) is 2.89. The van der Waals surface area contributed by atoms with Crippen molar-refractivity contribution in [3.63, 3.8) is 0 Å². The highest BCUT2D eigenvalue weighted by atomic mass is 19.1. The number of ether oxygens (including phenoxy) is 1. The van der Waals surface area contributed by atoms with E-state index in [1.165, 1.54) is 12.1 Å². The molecule has 0 aromatic heterocycles. The zero-order valence-electron chi connectivity index (χ0n) is 14.8. The largest absolute Gasteiger partial charge is 0.381 e. The van der Waals surface area contributed by atoms with Crippen molar-refractivity contribution < 1.29 is 23.5 Å². The van der Waals surface area contributed by atoms with Crippen LogP contribution in [0.1, 0.15) is 38.2 Å². The normalized spacial score (nSPS) is 20.9. The lowest BCUT2D eigenvalue weighted by molar-refractivity contribution is -0.146. The van der Waals surface area contributed by atoms with Crippen molar-refractivity contribution in [1.29, 1.82) is 0 Å². The molecule has 1 aromatic rings. The number of amides is 3. The number of hydrogen-bond acceptors (Lipinski definition) is 4. The molecule has 0 spiro atoms. The maximum absolute atomic E-state index is 13.3. The number of imide groups is 1. The molecule has 2 heterocycles. The molecule has 0 radical (unpaired) electrons. The first-order chi connectivity index (χ1) is 12.4. The number of rotatable bonds is 5. The Morgan fingerprint density at radius 2 is 1.77 bits per heavy atom. The van der Waals surface area contributed by atoms with Crippen LogP contribution in [0.25, 0.3) is 0 Å². The number of carbonyl (C=O) groups is 3. The summed E-state index contributed by atoms with van der Waals surface area (Å²) in [6.45, 7) is 3.03. The molecule has 6 nitrogen and oxygen atoms in total. The third-order valence-electron chi connectivity index (χ3n) is 5.36. The van der Waals surface area contributed by atoms with E-state index in [1.54, 1.807) is 19.1 Å². The SMILES string of the molecule is CC(C(=O)NCC1(c2ccc(F)cc2)CCOCC1)N1C(=O)CCC1=O. The van der Waals surface area contributed by atoms with Crippen LogP contribution < -0.4 is 5.32 Å². The second-order valence-electron chi connectivity index (χ2n) is 6.95. The molecule has 0 saturated carbocycles. The summed E-state index contributed by atoms with van der Waals surface area (Å²) >= 11 is 0. The Labute approximate surface area is 151 Å². The summed E-state index contributed by atoms with van der Waals surface area (Å²) in [6.07, 6.45) is 1.73. The summed E-state index contributed by atoms with van der Waals surface area (Å²) in [5.41, 5.74) is 0.601. The van der Waals surface area contributed by atoms with E-state index < -0.39 is 6.04 Å². The number of nitrogens with one attached hydrogen (secondary N) is 1. The van der Waals surface area contributed by atoms with Gasteiger partial charge in [0, 0.05) is 38.0 Å². The number of benzene rings is 1. The topological polar surface area (TPSA) is 75.7 Å². The zero-order chi connectivity index (χ0) is 18.7. The Morgan fingerprint density at radius 1 is 1.19 bits per heavy atom. The first-order valence-corrected chi connectivity index (χ1v) is 8.89.